The normalized spacial score (nSPS) is 23.7. The number of aryl methyl sites for hydroxylation is 1. The van der Waals surface area contributed by atoms with Gasteiger partial charge in [-0.2, -0.15) is 0 Å². The van der Waals surface area contributed by atoms with Gasteiger partial charge >= 0.3 is 0 Å². The van der Waals surface area contributed by atoms with Gasteiger partial charge in [0.15, 0.2) is 17.9 Å². The summed E-state index contributed by atoms with van der Waals surface area (Å²) in [7, 11) is 0. The van der Waals surface area contributed by atoms with Crippen molar-refractivity contribution in [3.8, 4) is 0 Å². The molecule has 0 radical (unpaired) electrons. The van der Waals surface area contributed by atoms with Crippen molar-refractivity contribution in [2.45, 2.75) is 128 Å². The maximum Gasteiger partial charge on any atom is 0.186 e. The molecule has 0 bridgehead atoms. The smallest absolute Gasteiger partial charge is 0.186 e. The van der Waals surface area contributed by atoms with Crippen LogP contribution in [0.15, 0.2) is 36.4 Å². The summed E-state index contributed by atoms with van der Waals surface area (Å²) in [5.74, 6) is 0.116. The fraction of sp³-hybridized carbons (Fsp3) is 0.657. The molecule has 39 heavy (non-hydrogen) atoms. The van der Waals surface area contributed by atoms with Gasteiger partial charge in [-0.3, -0.25) is 0 Å². The largest absolute Gasteiger partial charge is 0.348 e. The Labute approximate surface area is 235 Å². The molecule has 0 amide bonds. The zero-order valence-electron chi connectivity index (χ0n) is 24.4. The molecule has 2 aromatic carbocycles. The van der Waals surface area contributed by atoms with Gasteiger partial charge in [0.1, 0.15) is 0 Å². The van der Waals surface area contributed by atoms with Crippen LogP contribution in [0.4, 0.5) is 8.78 Å². The van der Waals surface area contributed by atoms with Crippen molar-refractivity contribution in [2.24, 2.45) is 5.92 Å². The molecule has 0 N–H and O–H groups in total. The lowest BCUT2D eigenvalue weighted by Crippen LogP contribution is -2.26. The average Bonchev–Trinajstić information content (AvgIpc) is 2.98. The fourth-order valence-corrected chi connectivity index (χ4v) is 6.46. The van der Waals surface area contributed by atoms with Gasteiger partial charge < -0.3 is 9.47 Å². The molecule has 4 heteroatoms. The summed E-state index contributed by atoms with van der Waals surface area (Å²) in [6, 6.07) is 12.3. The molecule has 0 aromatic heterocycles. The van der Waals surface area contributed by atoms with Crippen LogP contribution in [0.2, 0.25) is 0 Å². The summed E-state index contributed by atoms with van der Waals surface area (Å²) < 4.78 is 41.5. The van der Waals surface area contributed by atoms with Gasteiger partial charge in [-0.15, -0.1) is 0 Å². The minimum absolute atomic E-state index is 0.101. The molecule has 2 fully saturated rings. The lowest BCUT2D eigenvalue weighted by Gasteiger charge is -2.31. The number of benzene rings is 2. The SMILES string of the molecule is CCCCCCCc1ccc(C2OCC(c3ccc(C4CCC(CCCCCC)CC4)cc3)CO2)c(F)c1F. The first-order valence-corrected chi connectivity index (χ1v) is 15.9. The Morgan fingerprint density at radius 1 is 0.641 bits per heavy atom. The highest BCUT2D eigenvalue weighted by molar-refractivity contribution is 5.30. The third-order valence-corrected chi connectivity index (χ3v) is 9.09. The molecular formula is C35H50F2O2. The van der Waals surface area contributed by atoms with Crippen molar-refractivity contribution in [1.82, 2.24) is 0 Å². The first kappa shape index (κ1) is 30.2. The highest BCUT2D eigenvalue weighted by atomic mass is 19.2. The molecule has 1 aliphatic carbocycles. The summed E-state index contributed by atoms with van der Waals surface area (Å²) >= 11 is 0. The fourth-order valence-electron chi connectivity index (χ4n) is 6.46. The highest BCUT2D eigenvalue weighted by Gasteiger charge is 2.29. The zero-order chi connectivity index (χ0) is 27.5. The van der Waals surface area contributed by atoms with E-state index in [9.17, 15) is 8.78 Å². The second-order valence-electron chi connectivity index (χ2n) is 12.0. The Morgan fingerprint density at radius 3 is 1.87 bits per heavy atom. The Balaban J connectivity index is 1.23. The molecule has 1 saturated carbocycles. The van der Waals surface area contributed by atoms with Crippen LogP contribution in [0, 0.1) is 17.6 Å². The van der Waals surface area contributed by atoms with Crippen LogP contribution < -0.4 is 0 Å². The Morgan fingerprint density at radius 2 is 1.23 bits per heavy atom. The first-order chi connectivity index (χ1) is 19.1. The van der Waals surface area contributed by atoms with Crippen molar-refractivity contribution in [1.29, 1.82) is 0 Å². The molecule has 2 aliphatic rings. The van der Waals surface area contributed by atoms with E-state index in [1.165, 1.54) is 81.8 Å². The molecule has 1 aliphatic heterocycles. The Hall–Kier alpha value is -1.78. The van der Waals surface area contributed by atoms with Crippen molar-refractivity contribution >= 4 is 0 Å². The van der Waals surface area contributed by atoms with Crippen molar-refractivity contribution in [2.75, 3.05) is 13.2 Å². The van der Waals surface area contributed by atoms with E-state index in [1.54, 1.807) is 12.1 Å². The van der Waals surface area contributed by atoms with Gasteiger partial charge in [0.05, 0.1) is 13.2 Å². The van der Waals surface area contributed by atoms with Gasteiger partial charge in [0, 0.05) is 11.5 Å². The van der Waals surface area contributed by atoms with E-state index in [2.05, 4.69) is 38.1 Å². The molecule has 4 rings (SSSR count). The van der Waals surface area contributed by atoms with E-state index in [0.717, 1.165) is 25.2 Å². The molecule has 0 atom stereocenters. The minimum atomic E-state index is -0.856. The number of ether oxygens (including phenoxy) is 2. The lowest BCUT2D eigenvalue weighted by atomic mass is 9.77. The summed E-state index contributed by atoms with van der Waals surface area (Å²) in [5, 5.41) is 0. The van der Waals surface area contributed by atoms with Crippen molar-refractivity contribution in [3.05, 3.63) is 70.3 Å². The third kappa shape index (κ3) is 8.60. The topological polar surface area (TPSA) is 18.5 Å². The zero-order valence-corrected chi connectivity index (χ0v) is 24.4. The van der Waals surface area contributed by atoms with Crippen molar-refractivity contribution < 1.29 is 18.3 Å². The molecule has 1 saturated heterocycles. The molecule has 1 heterocycles. The van der Waals surface area contributed by atoms with E-state index in [4.69, 9.17) is 9.47 Å². The standard InChI is InChI=1S/C35H50F2O2/c1-3-5-7-9-11-13-30-22-23-32(34(37)33(30)36)35-38-24-31(25-39-35)29-20-18-28(19-21-29)27-16-14-26(15-17-27)12-10-8-6-4-2/h18-23,26-27,31,35H,3-17,24-25H2,1-2H3. The quantitative estimate of drug-likeness (QED) is 0.222. The van der Waals surface area contributed by atoms with E-state index < -0.39 is 17.9 Å². The van der Waals surface area contributed by atoms with Crippen LogP contribution in [0.5, 0.6) is 0 Å². The maximum atomic E-state index is 14.9. The monoisotopic (exact) mass is 540 g/mol. The van der Waals surface area contributed by atoms with Crippen LogP contribution in [-0.4, -0.2) is 13.2 Å². The molecule has 216 valence electrons. The minimum Gasteiger partial charge on any atom is -0.348 e. The lowest BCUT2D eigenvalue weighted by molar-refractivity contribution is -0.193. The van der Waals surface area contributed by atoms with Crippen LogP contribution in [-0.2, 0) is 15.9 Å². The summed E-state index contributed by atoms with van der Waals surface area (Å²) in [5.41, 5.74) is 3.24. The second-order valence-corrected chi connectivity index (χ2v) is 12.0. The molecule has 2 aromatic rings. The molecular weight excluding hydrogens is 490 g/mol. The van der Waals surface area contributed by atoms with Gasteiger partial charge in [-0.05, 0) is 67.1 Å². The number of hydrogen-bond acceptors (Lipinski definition) is 2. The summed E-state index contributed by atoms with van der Waals surface area (Å²) in [4.78, 5) is 0. The van der Waals surface area contributed by atoms with Crippen LogP contribution >= 0.6 is 0 Å². The van der Waals surface area contributed by atoms with Crippen molar-refractivity contribution in [3.63, 3.8) is 0 Å². The second kappa shape index (κ2) is 15.9. The van der Waals surface area contributed by atoms with E-state index >= 15 is 0 Å². The van der Waals surface area contributed by atoms with Gasteiger partial charge in [-0.1, -0.05) is 108 Å². The number of hydrogen-bond donors (Lipinski definition) is 0. The maximum absolute atomic E-state index is 14.9. The number of halogens is 2. The summed E-state index contributed by atoms with van der Waals surface area (Å²) in [6.07, 6.45) is 17.4. The van der Waals surface area contributed by atoms with E-state index in [1.807, 2.05) is 0 Å². The van der Waals surface area contributed by atoms with Gasteiger partial charge in [0.2, 0.25) is 0 Å². The predicted molar refractivity (Wildman–Crippen MR) is 156 cm³/mol. The third-order valence-electron chi connectivity index (χ3n) is 9.09. The van der Waals surface area contributed by atoms with Gasteiger partial charge in [-0.25, -0.2) is 8.78 Å². The Kier molecular flexibility index (Phi) is 12.3. The predicted octanol–water partition coefficient (Wildman–Crippen LogP) is 10.6. The molecule has 0 unspecified atom stereocenters. The van der Waals surface area contributed by atoms with Gasteiger partial charge in [0.25, 0.3) is 0 Å². The van der Waals surface area contributed by atoms with Crippen LogP contribution in [0.25, 0.3) is 0 Å². The number of unbranched alkanes of at least 4 members (excludes halogenated alkanes) is 7. The Bertz CT molecular complexity index is 973. The average molecular weight is 541 g/mol. The molecule has 0 spiro atoms. The van der Waals surface area contributed by atoms with Crippen LogP contribution in [0.1, 0.15) is 144 Å². The first-order valence-electron chi connectivity index (χ1n) is 15.9. The highest BCUT2D eigenvalue weighted by Crippen LogP contribution is 2.39. The van der Waals surface area contributed by atoms with Crippen LogP contribution in [0.3, 0.4) is 0 Å². The summed E-state index contributed by atoms with van der Waals surface area (Å²) in [6.45, 7) is 5.32. The van der Waals surface area contributed by atoms with E-state index in [-0.39, 0.29) is 11.5 Å². The molecule has 2 nitrogen and oxygen atoms in total. The number of rotatable bonds is 14. The van der Waals surface area contributed by atoms with E-state index in [0.29, 0.717) is 31.1 Å².